The third-order valence-corrected chi connectivity index (χ3v) is 5.37. The molecule has 8 heteroatoms. The first-order valence-electron chi connectivity index (χ1n) is 9.41. The molecule has 0 bridgehead atoms. The molecule has 2 fully saturated rings. The summed E-state index contributed by atoms with van der Waals surface area (Å²) < 4.78 is 5.40. The summed E-state index contributed by atoms with van der Waals surface area (Å²) in [6.45, 7) is 1.24. The second-order valence-corrected chi connectivity index (χ2v) is 7.40. The van der Waals surface area contributed by atoms with Crippen LogP contribution in [0.15, 0.2) is 18.2 Å². The van der Waals surface area contributed by atoms with Crippen molar-refractivity contribution in [2.45, 2.75) is 31.7 Å². The molecule has 0 aromatic heterocycles. The zero-order chi connectivity index (χ0) is 19.0. The average molecular weight is 372 g/mol. The van der Waals surface area contributed by atoms with Crippen molar-refractivity contribution in [3.05, 3.63) is 18.2 Å². The number of nitrogens with zero attached hydrogens (tertiary/aromatic N) is 2. The van der Waals surface area contributed by atoms with Gasteiger partial charge in [0.1, 0.15) is 5.75 Å². The van der Waals surface area contributed by atoms with E-state index in [4.69, 9.17) is 4.74 Å². The van der Waals surface area contributed by atoms with E-state index in [2.05, 4.69) is 10.6 Å². The van der Waals surface area contributed by atoms with Crippen LogP contribution >= 0.6 is 0 Å². The highest BCUT2D eigenvalue weighted by Crippen LogP contribution is 2.34. The van der Waals surface area contributed by atoms with Crippen LogP contribution < -0.4 is 20.3 Å². The van der Waals surface area contributed by atoms with Gasteiger partial charge in [-0.15, -0.1) is 0 Å². The maximum Gasteiger partial charge on any atom is 0.321 e. The number of ether oxygens (including phenoxy) is 1. The molecular weight excluding hydrogens is 348 g/mol. The van der Waals surface area contributed by atoms with Gasteiger partial charge in [-0.3, -0.25) is 9.59 Å². The van der Waals surface area contributed by atoms with E-state index in [0.717, 1.165) is 25.7 Å². The van der Waals surface area contributed by atoms with Crippen LogP contribution in [-0.2, 0) is 9.59 Å². The molecule has 1 aromatic rings. The number of likely N-dealkylation sites (tertiary alicyclic amines) is 1. The van der Waals surface area contributed by atoms with Gasteiger partial charge in [0.05, 0.1) is 5.69 Å². The maximum absolute atomic E-state index is 12.5. The number of hydrogen-bond acceptors (Lipinski definition) is 4. The van der Waals surface area contributed by atoms with E-state index in [9.17, 15) is 14.4 Å². The van der Waals surface area contributed by atoms with Gasteiger partial charge < -0.3 is 25.2 Å². The van der Waals surface area contributed by atoms with E-state index in [1.807, 2.05) is 0 Å². The van der Waals surface area contributed by atoms with Crippen molar-refractivity contribution < 1.29 is 19.1 Å². The van der Waals surface area contributed by atoms with Gasteiger partial charge >= 0.3 is 6.03 Å². The van der Waals surface area contributed by atoms with Crippen molar-refractivity contribution in [3.63, 3.8) is 0 Å². The Morgan fingerprint density at radius 2 is 1.89 bits per heavy atom. The summed E-state index contributed by atoms with van der Waals surface area (Å²) in [5.41, 5.74) is 1.26. The molecule has 4 rings (SSSR count). The number of carbonyl (C=O) groups excluding carboxylic acids is 3. The van der Waals surface area contributed by atoms with Gasteiger partial charge in [0.2, 0.25) is 5.91 Å². The summed E-state index contributed by atoms with van der Waals surface area (Å²) in [5, 5.41) is 5.97. The monoisotopic (exact) mass is 372 g/mol. The highest BCUT2D eigenvalue weighted by molar-refractivity contribution is 5.99. The topological polar surface area (TPSA) is 91.0 Å². The third-order valence-electron chi connectivity index (χ3n) is 5.37. The van der Waals surface area contributed by atoms with Gasteiger partial charge in [0, 0.05) is 37.8 Å². The van der Waals surface area contributed by atoms with Crippen molar-refractivity contribution >= 4 is 29.2 Å². The molecule has 4 amide bonds. The number of rotatable bonds is 3. The molecule has 2 heterocycles. The van der Waals surface area contributed by atoms with Crippen LogP contribution in [-0.4, -0.2) is 55.5 Å². The second kappa shape index (κ2) is 7.09. The van der Waals surface area contributed by atoms with Crippen LogP contribution in [0.25, 0.3) is 0 Å². The molecule has 2 N–H and O–H groups in total. The Hall–Kier alpha value is -2.77. The minimum absolute atomic E-state index is 0.0292. The van der Waals surface area contributed by atoms with Crippen LogP contribution in [0.4, 0.5) is 16.2 Å². The van der Waals surface area contributed by atoms with Crippen molar-refractivity contribution in [3.8, 4) is 5.75 Å². The number of likely N-dealkylation sites (N-methyl/N-ethyl adjacent to an activating group) is 1. The Labute approximate surface area is 157 Å². The SMILES string of the molecule is CN1C(=O)COc2ccc(NC(=O)N3CCC(NC(=O)C4CC4)CC3)cc21. The molecule has 0 radical (unpaired) electrons. The summed E-state index contributed by atoms with van der Waals surface area (Å²) in [7, 11) is 1.69. The second-order valence-electron chi connectivity index (χ2n) is 7.40. The first kappa shape index (κ1) is 17.6. The van der Waals surface area contributed by atoms with Gasteiger partial charge in [-0.25, -0.2) is 4.79 Å². The smallest absolute Gasteiger partial charge is 0.321 e. The molecule has 0 atom stereocenters. The lowest BCUT2D eigenvalue weighted by atomic mass is 10.1. The van der Waals surface area contributed by atoms with Gasteiger partial charge in [-0.1, -0.05) is 0 Å². The van der Waals surface area contributed by atoms with Crippen molar-refractivity contribution in [2.75, 3.05) is 37.0 Å². The van der Waals surface area contributed by atoms with Gasteiger partial charge in [0.15, 0.2) is 6.61 Å². The lowest BCUT2D eigenvalue weighted by molar-refractivity contribution is -0.123. The summed E-state index contributed by atoms with van der Waals surface area (Å²) in [6, 6.07) is 5.25. The number of anilines is 2. The van der Waals surface area contributed by atoms with E-state index >= 15 is 0 Å². The van der Waals surface area contributed by atoms with Crippen LogP contribution in [0.2, 0.25) is 0 Å². The van der Waals surface area contributed by atoms with Gasteiger partial charge in [-0.2, -0.15) is 0 Å². The van der Waals surface area contributed by atoms with E-state index in [-0.39, 0.29) is 36.4 Å². The predicted octanol–water partition coefficient (Wildman–Crippen LogP) is 1.56. The molecule has 27 heavy (non-hydrogen) atoms. The minimum Gasteiger partial charge on any atom is -0.482 e. The van der Waals surface area contributed by atoms with Crippen molar-refractivity contribution in [1.29, 1.82) is 0 Å². The fourth-order valence-corrected chi connectivity index (χ4v) is 3.44. The van der Waals surface area contributed by atoms with Gasteiger partial charge in [-0.05, 0) is 43.9 Å². The first-order chi connectivity index (χ1) is 13.0. The minimum atomic E-state index is -0.173. The Kier molecular flexibility index (Phi) is 4.63. The summed E-state index contributed by atoms with van der Waals surface area (Å²) in [4.78, 5) is 39.5. The largest absolute Gasteiger partial charge is 0.482 e. The van der Waals surface area contributed by atoms with Crippen LogP contribution in [0.5, 0.6) is 5.75 Å². The number of carbonyl (C=O) groups is 3. The Bertz CT molecular complexity index is 769. The van der Waals surface area contributed by atoms with Crippen LogP contribution in [0, 0.1) is 5.92 Å². The summed E-state index contributed by atoms with van der Waals surface area (Å²) >= 11 is 0. The first-order valence-corrected chi connectivity index (χ1v) is 9.41. The Morgan fingerprint density at radius 1 is 1.15 bits per heavy atom. The molecule has 144 valence electrons. The fraction of sp³-hybridized carbons (Fsp3) is 0.526. The van der Waals surface area contributed by atoms with Gasteiger partial charge in [0.25, 0.3) is 5.91 Å². The summed E-state index contributed by atoms with van der Waals surface area (Å²) in [5.74, 6) is 0.876. The molecular formula is C19H24N4O4. The number of fused-ring (bicyclic) bond motifs is 1. The molecule has 8 nitrogen and oxygen atoms in total. The van der Waals surface area contributed by atoms with Crippen LogP contribution in [0.1, 0.15) is 25.7 Å². The van der Waals surface area contributed by atoms with E-state index in [1.54, 1.807) is 30.1 Å². The molecule has 0 spiro atoms. The third kappa shape index (κ3) is 3.84. The van der Waals surface area contributed by atoms with Crippen molar-refractivity contribution in [1.82, 2.24) is 10.2 Å². The number of piperidine rings is 1. The predicted molar refractivity (Wildman–Crippen MR) is 99.8 cm³/mol. The van der Waals surface area contributed by atoms with E-state index in [1.165, 1.54) is 4.90 Å². The Morgan fingerprint density at radius 3 is 2.59 bits per heavy atom. The molecule has 1 aliphatic carbocycles. The molecule has 1 aromatic carbocycles. The van der Waals surface area contributed by atoms with Crippen molar-refractivity contribution in [2.24, 2.45) is 5.92 Å². The standard InChI is InChI=1S/C19H24N4O4/c1-22-15-10-14(4-5-16(15)27-11-17(22)24)21-19(26)23-8-6-13(7-9-23)20-18(25)12-2-3-12/h4-5,10,12-13H,2-3,6-9,11H2,1H3,(H,20,25)(H,21,26). The lowest BCUT2D eigenvalue weighted by Crippen LogP contribution is -2.48. The highest BCUT2D eigenvalue weighted by atomic mass is 16.5. The molecule has 2 aliphatic heterocycles. The Balaban J connectivity index is 1.32. The highest BCUT2D eigenvalue weighted by Gasteiger charge is 2.32. The molecule has 1 saturated heterocycles. The number of nitrogens with one attached hydrogen (secondary N) is 2. The van der Waals surface area contributed by atoms with E-state index < -0.39 is 0 Å². The fourth-order valence-electron chi connectivity index (χ4n) is 3.44. The molecule has 1 saturated carbocycles. The number of benzene rings is 1. The quantitative estimate of drug-likeness (QED) is 0.843. The number of amides is 4. The zero-order valence-electron chi connectivity index (χ0n) is 15.4. The lowest BCUT2D eigenvalue weighted by Gasteiger charge is -2.32. The molecule has 3 aliphatic rings. The average Bonchev–Trinajstić information content (AvgIpc) is 3.51. The maximum atomic E-state index is 12.5. The normalized spacial score (nSPS) is 20.0. The van der Waals surface area contributed by atoms with Crippen LogP contribution in [0.3, 0.4) is 0 Å². The zero-order valence-corrected chi connectivity index (χ0v) is 15.4. The molecule has 0 unspecified atom stereocenters. The summed E-state index contributed by atoms with van der Waals surface area (Å²) in [6.07, 6.45) is 3.53. The van der Waals surface area contributed by atoms with E-state index in [0.29, 0.717) is 30.2 Å². The number of urea groups is 1. The number of hydrogen-bond donors (Lipinski definition) is 2.